The number of hydrogen-bond donors (Lipinski definition) is 0. The summed E-state index contributed by atoms with van der Waals surface area (Å²) in [7, 11) is -15.4. The van der Waals surface area contributed by atoms with E-state index >= 15 is 0 Å². The first kappa shape index (κ1) is 27.8. The monoisotopic (exact) mass is 540 g/mol. The Balaban J connectivity index is 3.94. The molecule has 0 unspecified atom stereocenters. The molecule has 0 N–H and O–H groups in total. The molecule has 0 spiro atoms. The molecule has 184 valence electrons. The molecule has 0 fully saturated rings. The van der Waals surface area contributed by atoms with E-state index in [9.17, 15) is 78.8 Å². The van der Waals surface area contributed by atoms with Gasteiger partial charge in [-0.1, -0.05) is 0 Å². The van der Waals surface area contributed by atoms with Gasteiger partial charge in [0.15, 0.2) is 0 Å². The van der Waals surface area contributed by atoms with Gasteiger partial charge in [-0.05, 0) is 18.2 Å². The Morgan fingerprint density at radius 3 is 1.16 bits per heavy atom. The van der Waals surface area contributed by atoms with Crippen molar-refractivity contribution in [2.75, 3.05) is 0 Å². The van der Waals surface area contributed by atoms with Gasteiger partial charge in [-0.3, -0.25) is 0 Å². The Morgan fingerprint density at radius 1 is 0.594 bits per heavy atom. The van der Waals surface area contributed by atoms with Crippen molar-refractivity contribution in [2.45, 2.75) is 34.6 Å². The lowest BCUT2D eigenvalue weighted by molar-refractivity contribution is -0.324. The zero-order valence-corrected chi connectivity index (χ0v) is 15.6. The number of sulfonamides is 2. The summed E-state index contributed by atoms with van der Waals surface area (Å²) in [5.41, 5.74) is -5.09. The molecule has 0 aromatic heterocycles. The van der Waals surface area contributed by atoms with Gasteiger partial charge in [0.25, 0.3) is 0 Å². The van der Waals surface area contributed by atoms with Crippen molar-refractivity contribution in [2.24, 2.45) is 0 Å². The summed E-state index contributed by atoms with van der Waals surface area (Å²) in [5.74, 6) is 0. The molecule has 21 heteroatoms. The summed E-state index contributed by atoms with van der Waals surface area (Å²) in [4.78, 5) is 8.84. The Hall–Kier alpha value is -2.19. The van der Waals surface area contributed by atoms with Gasteiger partial charge in [-0.25, -0.2) is 0 Å². The van der Waals surface area contributed by atoms with Gasteiger partial charge < -0.3 is 0 Å². The van der Waals surface area contributed by atoms with E-state index in [4.69, 9.17) is 0 Å². The van der Waals surface area contributed by atoms with Crippen LogP contribution in [0, 0.1) is 4.91 Å². The molecule has 0 aliphatic heterocycles. The zero-order valence-electron chi connectivity index (χ0n) is 14.0. The summed E-state index contributed by atoms with van der Waals surface area (Å²) in [5, 5.41) is -7.60. The Bertz CT molecular complexity index is 1080. The van der Waals surface area contributed by atoms with E-state index in [1.54, 1.807) is 0 Å². The van der Waals surface area contributed by atoms with Crippen LogP contribution in [0.2, 0.25) is 0 Å². The molecule has 6 nitrogen and oxygen atoms in total. The lowest BCUT2D eigenvalue weighted by Crippen LogP contribution is -2.61. The number of rotatable bonds is 4. The van der Waals surface area contributed by atoms with Gasteiger partial charge in [0.2, 0.25) is 3.57 Å². The second-order valence-corrected chi connectivity index (χ2v) is 9.33. The third kappa shape index (κ3) is 4.48. The van der Waals surface area contributed by atoms with Crippen LogP contribution in [0.4, 0.5) is 57.1 Å². The van der Waals surface area contributed by atoms with Crippen molar-refractivity contribution in [3.05, 3.63) is 34.2 Å². The van der Waals surface area contributed by atoms with Crippen LogP contribution in [0.25, 0.3) is 0 Å². The van der Waals surface area contributed by atoms with Crippen LogP contribution < -0.4 is 0 Å². The lowest BCUT2D eigenvalue weighted by atomic mass is 10.1. The molecule has 0 amide bonds. The minimum Gasteiger partial charge on any atom is -0.200 e. The van der Waals surface area contributed by atoms with Crippen molar-refractivity contribution >= 4 is 20.0 Å². The van der Waals surface area contributed by atoms with Crippen molar-refractivity contribution < 1.29 is 77.5 Å². The molecule has 1 rings (SSSR count). The molecule has 32 heavy (non-hydrogen) atoms. The molecule has 0 saturated carbocycles. The third-order valence-electron chi connectivity index (χ3n) is 3.34. The maximum absolute atomic E-state index is 13.7. The molecular formula is C11H3F13NO5S2+. The summed E-state index contributed by atoms with van der Waals surface area (Å²) >= 11 is 0. The van der Waals surface area contributed by atoms with Gasteiger partial charge in [-0.15, -0.1) is 0 Å². The van der Waals surface area contributed by atoms with Crippen LogP contribution in [0.15, 0.2) is 23.1 Å². The summed E-state index contributed by atoms with van der Waals surface area (Å²) < 4.78 is 209. The largest absolute Gasteiger partial charge is 0.480 e. The van der Waals surface area contributed by atoms with Crippen molar-refractivity contribution in [1.29, 1.82) is 0 Å². The fourth-order valence-corrected chi connectivity index (χ4v) is 4.96. The molecule has 0 aliphatic rings. The van der Waals surface area contributed by atoms with Crippen LogP contribution in [0.1, 0.15) is 11.1 Å². The minimum absolute atomic E-state index is 0.770. The molecule has 0 saturated heterocycles. The highest BCUT2D eigenvalue weighted by atomic mass is 32.3. The standard InChI is InChI=1S/C11H3F13NO5S2/c12-7(13,14)4-1-5(8(15,16)17)3-6(2-4)31(27,28)25(26)32(29,30)9(18,10(19,20)21)11(22,23)24/h1-3H/q+1. The number of alkyl halides is 13. The number of hydrogen-bond acceptors (Lipinski definition) is 5. The van der Waals surface area contributed by atoms with Gasteiger partial charge >= 0.3 is 49.8 Å². The van der Waals surface area contributed by atoms with Crippen molar-refractivity contribution in [1.82, 2.24) is 0 Å². The predicted octanol–water partition coefficient (Wildman–Crippen LogP) is 4.31. The normalized spacial score (nSPS) is 15.0. The van der Waals surface area contributed by atoms with Gasteiger partial charge in [0.1, 0.15) is 4.90 Å². The topological polar surface area (TPSA) is 88.4 Å². The Morgan fingerprint density at radius 2 is 0.906 bits per heavy atom. The first-order valence-electron chi connectivity index (χ1n) is 6.81. The zero-order chi connectivity index (χ0) is 25.9. The highest BCUT2D eigenvalue weighted by Crippen LogP contribution is 2.51. The minimum atomic E-state index is -8.31. The Kier molecular flexibility index (Phi) is 6.45. The molecule has 0 aliphatic carbocycles. The second-order valence-electron chi connectivity index (χ2n) is 5.51. The summed E-state index contributed by atoms with van der Waals surface area (Å²) in [6.07, 6.45) is -26.8. The van der Waals surface area contributed by atoms with E-state index in [0.717, 1.165) is 0 Å². The van der Waals surface area contributed by atoms with Gasteiger partial charge in [0, 0.05) is 0 Å². The number of benzene rings is 1. The number of nitroso groups, excluding NO2 is 1. The molecule has 1 aromatic carbocycles. The number of nitrogens with zero attached hydrogens (tertiary/aromatic N) is 1. The van der Waals surface area contributed by atoms with Crippen molar-refractivity contribution in [3.8, 4) is 0 Å². The average Bonchev–Trinajstić information content (AvgIpc) is 2.56. The third-order valence-corrected chi connectivity index (χ3v) is 7.30. The smallest absolute Gasteiger partial charge is 0.200 e. The van der Waals surface area contributed by atoms with Gasteiger partial charge in [-0.2, -0.15) is 73.9 Å². The Labute approximate surface area is 167 Å². The lowest BCUT2D eigenvalue weighted by Gasteiger charge is -2.24. The molecule has 1 aromatic rings. The summed E-state index contributed by atoms with van der Waals surface area (Å²) in [6.45, 7) is 0. The highest BCUT2D eigenvalue weighted by Gasteiger charge is 2.87. The fourth-order valence-electron chi connectivity index (χ4n) is 1.85. The first-order chi connectivity index (χ1) is 13.7. The van der Waals surface area contributed by atoms with Crippen LogP contribution >= 0.6 is 0 Å². The highest BCUT2D eigenvalue weighted by molar-refractivity contribution is 7.98. The fraction of sp³-hybridized carbons (Fsp3) is 0.455. The molecule has 0 heterocycles. The molecular weight excluding hydrogens is 537 g/mol. The molecule has 0 bridgehead atoms. The average molecular weight is 540 g/mol. The van der Waals surface area contributed by atoms with Crippen LogP contribution in [-0.4, -0.2) is 37.8 Å². The van der Waals surface area contributed by atoms with E-state index in [1.165, 1.54) is 0 Å². The van der Waals surface area contributed by atoms with E-state index in [0.29, 0.717) is 0 Å². The van der Waals surface area contributed by atoms with E-state index in [-0.39, 0.29) is 0 Å². The van der Waals surface area contributed by atoms with Crippen LogP contribution in [-0.2, 0) is 32.4 Å². The predicted molar refractivity (Wildman–Crippen MR) is 72.1 cm³/mol. The molecule has 0 atom stereocenters. The molecule has 0 radical (unpaired) electrons. The van der Waals surface area contributed by atoms with Gasteiger partial charge in [0.05, 0.1) is 16.0 Å². The van der Waals surface area contributed by atoms with E-state index in [2.05, 4.69) is 0 Å². The SMILES string of the molecule is O=[N+](S(=O)(=O)c1cc(C(F)(F)F)cc(C(F)(F)F)c1)S(=O)(=O)C(F)(C(F)(F)F)C(F)(F)F. The van der Waals surface area contributed by atoms with Crippen molar-refractivity contribution in [3.63, 3.8) is 0 Å². The van der Waals surface area contributed by atoms with Crippen LogP contribution in [0.5, 0.6) is 0 Å². The second kappa shape index (κ2) is 7.42. The maximum atomic E-state index is 13.7. The van der Waals surface area contributed by atoms with Crippen LogP contribution in [0.3, 0.4) is 0 Å². The van der Waals surface area contributed by atoms with E-state index < -0.39 is 87.5 Å². The number of halogens is 13. The maximum Gasteiger partial charge on any atom is 0.480 e. The van der Waals surface area contributed by atoms with E-state index in [1.807, 2.05) is 0 Å². The summed E-state index contributed by atoms with van der Waals surface area (Å²) in [6, 6.07) is -2.56. The quantitative estimate of drug-likeness (QED) is 0.420. The first-order valence-corrected chi connectivity index (χ1v) is 9.69.